The van der Waals surface area contributed by atoms with Gasteiger partial charge in [0.2, 0.25) is 0 Å². The number of benzene rings is 1. The Balaban J connectivity index is 2.02. The third-order valence-corrected chi connectivity index (χ3v) is 3.48. The highest BCUT2D eigenvalue weighted by molar-refractivity contribution is 6.30. The zero-order valence-electron chi connectivity index (χ0n) is 11.5. The van der Waals surface area contributed by atoms with E-state index in [2.05, 4.69) is 9.72 Å². The Morgan fingerprint density at radius 3 is 2.74 bits per heavy atom. The van der Waals surface area contributed by atoms with Gasteiger partial charge in [0.25, 0.3) is 0 Å². The van der Waals surface area contributed by atoms with Crippen LogP contribution in [-0.4, -0.2) is 23.3 Å². The van der Waals surface area contributed by atoms with E-state index in [1.54, 1.807) is 6.07 Å². The van der Waals surface area contributed by atoms with Crippen LogP contribution in [0.4, 0.5) is 14.5 Å². The lowest BCUT2D eigenvalue weighted by Crippen LogP contribution is -2.50. The number of ether oxygens (including phenoxy) is 1. The minimum atomic E-state index is -4.01. The lowest BCUT2D eigenvalue weighted by Gasteiger charge is -2.33. The van der Waals surface area contributed by atoms with Crippen LogP contribution in [0, 0.1) is 0 Å². The Kier molecular flexibility index (Phi) is 3.73. The van der Waals surface area contributed by atoms with Crippen molar-refractivity contribution in [2.75, 3.05) is 4.90 Å². The summed E-state index contributed by atoms with van der Waals surface area (Å²) < 4.78 is 32.0. The van der Waals surface area contributed by atoms with Gasteiger partial charge >= 0.3 is 12.0 Å². The van der Waals surface area contributed by atoms with E-state index in [1.807, 2.05) is 0 Å². The highest BCUT2D eigenvalue weighted by atomic mass is 35.5. The van der Waals surface area contributed by atoms with Crippen molar-refractivity contribution < 1.29 is 23.1 Å². The van der Waals surface area contributed by atoms with Crippen LogP contribution in [0.1, 0.15) is 16.1 Å². The molecule has 0 atom stereocenters. The molecule has 2 aromatic rings. The fraction of sp³-hybridized carbons (Fsp3) is 0.133. The molecule has 0 aliphatic carbocycles. The summed E-state index contributed by atoms with van der Waals surface area (Å²) in [6.45, 7) is -0.178. The Labute approximate surface area is 134 Å². The van der Waals surface area contributed by atoms with Crippen molar-refractivity contribution in [1.29, 1.82) is 0 Å². The van der Waals surface area contributed by atoms with Gasteiger partial charge in [-0.2, -0.15) is 8.78 Å². The first-order valence-corrected chi connectivity index (χ1v) is 6.87. The molecule has 0 saturated carbocycles. The average molecular weight is 339 g/mol. The zero-order valence-corrected chi connectivity index (χ0v) is 12.3. The van der Waals surface area contributed by atoms with E-state index < -0.39 is 12.0 Å². The Morgan fingerprint density at radius 1 is 1.30 bits per heavy atom. The summed E-state index contributed by atoms with van der Waals surface area (Å²) in [6.07, 6.45) is -2.15. The van der Waals surface area contributed by atoms with Gasteiger partial charge < -0.3 is 4.74 Å². The Hall–Kier alpha value is -2.54. The van der Waals surface area contributed by atoms with Crippen LogP contribution in [0.15, 0.2) is 36.5 Å². The largest absolute Gasteiger partial charge is 0.482 e. The molecule has 1 aromatic heterocycles. The van der Waals surface area contributed by atoms with Gasteiger partial charge in [-0.1, -0.05) is 11.6 Å². The number of pyridine rings is 1. The van der Waals surface area contributed by atoms with Gasteiger partial charge in [-0.15, -0.1) is 0 Å². The lowest BCUT2D eigenvalue weighted by molar-refractivity contribution is -0.193. The number of nitrogens with zero attached hydrogens (tertiary/aromatic N) is 2. The fourth-order valence-corrected chi connectivity index (χ4v) is 2.29. The molecular weight excluding hydrogens is 330 g/mol. The average Bonchev–Trinajstić information content (AvgIpc) is 2.52. The summed E-state index contributed by atoms with van der Waals surface area (Å²) in [5, 5.41) is 0.392. The number of amides is 1. The zero-order chi connectivity index (χ0) is 16.6. The van der Waals surface area contributed by atoms with E-state index in [-0.39, 0.29) is 23.5 Å². The number of hydrogen-bond donors (Lipinski definition) is 0. The van der Waals surface area contributed by atoms with E-state index in [0.29, 0.717) is 17.0 Å². The number of hydrogen-bond acceptors (Lipinski definition) is 4. The minimum absolute atomic E-state index is 0.142. The standard InChI is InChI=1S/C15H9ClF2N2O3/c16-10-2-3-11(19-6-10)7-20-12-4-1-9(8-21)5-13(12)23-15(17,18)14(20)22/h1-6,8H,7H2. The Morgan fingerprint density at radius 2 is 2.09 bits per heavy atom. The lowest BCUT2D eigenvalue weighted by atomic mass is 10.1. The van der Waals surface area contributed by atoms with Crippen LogP contribution < -0.4 is 9.64 Å². The summed E-state index contributed by atoms with van der Waals surface area (Å²) in [7, 11) is 0. The highest BCUT2D eigenvalue weighted by Gasteiger charge is 2.50. The van der Waals surface area contributed by atoms with E-state index in [1.165, 1.54) is 24.4 Å². The van der Waals surface area contributed by atoms with Crippen LogP contribution in [-0.2, 0) is 11.3 Å². The molecule has 1 aliphatic heterocycles. The maximum Gasteiger partial charge on any atom is 0.482 e. The smallest absolute Gasteiger partial charge is 0.423 e. The second-order valence-corrected chi connectivity index (χ2v) is 5.26. The van der Waals surface area contributed by atoms with Crippen LogP contribution in [0.2, 0.25) is 5.02 Å². The van der Waals surface area contributed by atoms with E-state index in [4.69, 9.17) is 11.6 Å². The van der Waals surface area contributed by atoms with Gasteiger partial charge in [0.05, 0.1) is 22.9 Å². The molecule has 3 rings (SSSR count). The number of alkyl halides is 2. The van der Waals surface area contributed by atoms with Crippen molar-refractivity contribution in [1.82, 2.24) is 4.98 Å². The Bertz CT molecular complexity index is 781. The molecule has 0 spiro atoms. The third kappa shape index (κ3) is 2.87. The van der Waals surface area contributed by atoms with Crippen molar-refractivity contribution in [2.45, 2.75) is 12.7 Å². The predicted octanol–water partition coefficient (Wildman–Crippen LogP) is 3.07. The number of anilines is 1. The molecule has 0 bridgehead atoms. The first kappa shape index (κ1) is 15.4. The normalized spacial score (nSPS) is 15.8. The van der Waals surface area contributed by atoms with Crippen molar-refractivity contribution in [3.63, 3.8) is 0 Å². The third-order valence-electron chi connectivity index (χ3n) is 3.25. The van der Waals surface area contributed by atoms with Crippen molar-refractivity contribution in [3.05, 3.63) is 52.8 Å². The number of aromatic nitrogens is 1. The molecule has 0 N–H and O–H groups in total. The molecule has 0 unspecified atom stereocenters. The molecule has 1 amide bonds. The van der Waals surface area contributed by atoms with E-state index in [0.717, 1.165) is 11.0 Å². The molecule has 0 fully saturated rings. The molecule has 118 valence electrons. The van der Waals surface area contributed by atoms with Gasteiger partial charge in [-0.05, 0) is 30.3 Å². The first-order valence-electron chi connectivity index (χ1n) is 6.49. The summed E-state index contributed by atoms with van der Waals surface area (Å²) in [6, 6.07) is 7.02. The number of carbonyl (C=O) groups excluding carboxylic acids is 2. The summed E-state index contributed by atoms with van der Waals surface area (Å²) in [4.78, 5) is 27.6. The van der Waals surface area contributed by atoms with Crippen LogP contribution in [0.25, 0.3) is 0 Å². The van der Waals surface area contributed by atoms with Gasteiger partial charge in [0.15, 0.2) is 5.75 Å². The van der Waals surface area contributed by atoms with E-state index in [9.17, 15) is 18.4 Å². The molecule has 8 heteroatoms. The fourth-order valence-electron chi connectivity index (χ4n) is 2.18. The van der Waals surface area contributed by atoms with Crippen molar-refractivity contribution in [2.24, 2.45) is 0 Å². The van der Waals surface area contributed by atoms with Crippen LogP contribution >= 0.6 is 11.6 Å². The van der Waals surface area contributed by atoms with Gasteiger partial charge in [-0.3, -0.25) is 19.5 Å². The number of aldehydes is 1. The summed E-state index contributed by atoms with van der Waals surface area (Å²) >= 11 is 5.73. The first-order chi connectivity index (χ1) is 10.9. The molecule has 0 radical (unpaired) electrons. The number of halogens is 3. The molecule has 5 nitrogen and oxygen atoms in total. The number of carbonyl (C=O) groups is 2. The maximum atomic E-state index is 13.8. The van der Waals surface area contributed by atoms with Gasteiger partial charge in [0, 0.05) is 11.8 Å². The summed E-state index contributed by atoms with van der Waals surface area (Å²) in [5.41, 5.74) is 0.688. The van der Waals surface area contributed by atoms with Crippen molar-refractivity contribution >= 4 is 29.5 Å². The second-order valence-electron chi connectivity index (χ2n) is 4.82. The topological polar surface area (TPSA) is 59.5 Å². The molecule has 1 aliphatic rings. The molecule has 0 saturated heterocycles. The van der Waals surface area contributed by atoms with Crippen LogP contribution in [0.3, 0.4) is 0 Å². The quantitative estimate of drug-likeness (QED) is 0.807. The van der Waals surface area contributed by atoms with Crippen molar-refractivity contribution in [3.8, 4) is 5.75 Å². The number of rotatable bonds is 3. The summed E-state index contributed by atoms with van der Waals surface area (Å²) in [5.74, 6) is -1.74. The number of fused-ring (bicyclic) bond motifs is 1. The highest BCUT2D eigenvalue weighted by Crippen LogP contribution is 2.40. The second kappa shape index (κ2) is 5.58. The minimum Gasteiger partial charge on any atom is -0.423 e. The molecule has 2 heterocycles. The van der Waals surface area contributed by atoms with E-state index >= 15 is 0 Å². The predicted molar refractivity (Wildman–Crippen MR) is 77.8 cm³/mol. The molecule has 1 aromatic carbocycles. The van der Waals surface area contributed by atoms with Gasteiger partial charge in [0.1, 0.15) is 6.29 Å². The molecule has 23 heavy (non-hydrogen) atoms. The monoisotopic (exact) mass is 338 g/mol. The van der Waals surface area contributed by atoms with Gasteiger partial charge in [-0.25, -0.2) is 0 Å². The van der Waals surface area contributed by atoms with Crippen LogP contribution in [0.5, 0.6) is 5.75 Å². The molecular formula is C15H9ClF2N2O3. The SMILES string of the molecule is O=Cc1ccc2c(c1)OC(F)(F)C(=O)N2Cc1ccc(Cl)cn1. The maximum absolute atomic E-state index is 13.8.